The van der Waals surface area contributed by atoms with Crippen LogP contribution in [0.15, 0.2) is 24.3 Å². The molecule has 12 heteroatoms. The SMILES string of the molecule is Br.CCOc1cc2c(nc1C(=O)NC)C(=N)N(CC(=O)c1cc(N3CCC(OCC(=O)O)CC3)cc(C(C)(C)C)c1)C2. The minimum absolute atomic E-state index is 0. The Kier molecular flexibility index (Phi) is 10.7. The first-order valence-corrected chi connectivity index (χ1v) is 13.9. The molecule has 1 aromatic heterocycles. The molecule has 3 N–H and O–H groups in total. The van der Waals surface area contributed by atoms with Gasteiger partial charge in [0.05, 0.1) is 19.3 Å². The zero-order valence-corrected chi connectivity index (χ0v) is 26.5. The number of carbonyl (C=O) groups is 3. The third-order valence-electron chi connectivity index (χ3n) is 7.40. The fourth-order valence-electron chi connectivity index (χ4n) is 5.10. The van der Waals surface area contributed by atoms with E-state index in [0.717, 1.165) is 16.8 Å². The van der Waals surface area contributed by atoms with E-state index in [0.29, 0.717) is 56.1 Å². The van der Waals surface area contributed by atoms with E-state index in [2.05, 4.69) is 42.0 Å². The smallest absolute Gasteiger partial charge is 0.329 e. The monoisotopic (exact) mass is 645 g/mol. The van der Waals surface area contributed by atoms with E-state index >= 15 is 0 Å². The Morgan fingerprint density at radius 1 is 1.14 bits per heavy atom. The Bertz CT molecular complexity index is 1350. The molecule has 1 fully saturated rings. The van der Waals surface area contributed by atoms with Crippen molar-refractivity contribution < 1.29 is 29.0 Å². The number of fused-ring (bicyclic) bond motifs is 1. The van der Waals surface area contributed by atoms with Crippen molar-refractivity contribution in [3.63, 3.8) is 0 Å². The van der Waals surface area contributed by atoms with Crippen molar-refractivity contribution in [3.05, 3.63) is 52.3 Å². The van der Waals surface area contributed by atoms with Crippen molar-refractivity contribution in [1.29, 1.82) is 5.41 Å². The number of amides is 1. The second-order valence-electron chi connectivity index (χ2n) is 11.4. The largest absolute Gasteiger partial charge is 0.491 e. The topological polar surface area (TPSA) is 145 Å². The molecule has 3 heterocycles. The molecular formula is C30H40BrN5O6. The summed E-state index contributed by atoms with van der Waals surface area (Å²) < 4.78 is 11.1. The fourth-order valence-corrected chi connectivity index (χ4v) is 5.10. The molecule has 2 aromatic rings. The van der Waals surface area contributed by atoms with E-state index in [-0.39, 0.29) is 59.0 Å². The predicted molar refractivity (Wildman–Crippen MR) is 165 cm³/mol. The molecule has 0 bridgehead atoms. The van der Waals surface area contributed by atoms with Crippen molar-refractivity contribution in [2.75, 3.05) is 44.8 Å². The number of rotatable bonds is 10. The van der Waals surface area contributed by atoms with Gasteiger partial charge in [-0.25, -0.2) is 9.78 Å². The number of nitrogens with zero attached hydrogens (tertiary/aromatic N) is 3. The first-order valence-electron chi connectivity index (χ1n) is 13.9. The molecule has 0 aliphatic carbocycles. The number of aliphatic carboxylic acids is 1. The average molecular weight is 647 g/mol. The summed E-state index contributed by atoms with van der Waals surface area (Å²) in [4.78, 5) is 45.2. The van der Waals surface area contributed by atoms with Crippen LogP contribution >= 0.6 is 17.0 Å². The van der Waals surface area contributed by atoms with E-state index in [1.54, 1.807) is 11.0 Å². The number of hydrogen-bond acceptors (Lipinski definition) is 8. The summed E-state index contributed by atoms with van der Waals surface area (Å²) in [5.41, 5.74) is 3.56. The second kappa shape index (κ2) is 13.6. The van der Waals surface area contributed by atoms with Crippen LogP contribution in [0.5, 0.6) is 5.75 Å². The van der Waals surface area contributed by atoms with Gasteiger partial charge < -0.3 is 29.7 Å². The lowest BCUT2D eigenvalue weighted by Gasteiger charge is -2.34. The normalized spacial score (nSPS) is 15.2. The number of carboxylic acid groups (broad SMARTS) is 1. The lowest BCUT2D eigenvalue weighted by atomic mass is 9.85. The third kappa shape index (κ3) is 7.46. The Morgan fingerprint density at radius 3 is 2.43 bits per heavy atom. The van der Waals surface area contributed by atoms with Crippen molar-refractivity contribution in [1.82, 2.24) is 15.2 Å². The number of halogens is 1. The van der Waals surface area contributed by atoms with Crippen LogP contribution in [0.3, 0.4) is 0 Å². The lowest BCUT2D eigenvalue weighted by molar-refractivity contribution is -0.144. The van der Waals surface area contributed by atoms with Gasteiger partial charge in [0, 0.05) is 43.5 Å². The van der Waals surface area contributed by atoms with Crippen molar-refractivity contribution in [3.8, 4) is 5.75 Å². The summed E-state index contributed by atoms with van der Waals surface area (Å²) in [5, 5.41) is 20.2. The van der Waals surface area contributed by atoms with Crippen LogP contribution in [0.2, 0.25) is 0 Å². The summed E-state index contributed by atoms with van der Waals surface area (Å²) in [5.74, 6) is -1.04. The average Bonchev–Trinajstić information content (AvgIpc) is 3.24. The molecule has 42 heavy (non-hydrogen) atoms. The molecule has 1 aromatic carbocycles. The standard InChI is InChI=1S/C30H39N5O6.BrH/c1-6-40-24-13-19-15-35(28(31)26(19)33-27(24)29(39)32-5)16-23(36)18-11-20(30(2,3)4)14-21(12-18)34-9-7-22(8-10-34)41-17-25(37)38;/h11-14,22,31H,6-10,15-17H2,1-5H3,(H,32,39)(H,37,38);1H. The van der Waals surface area contributed by atoms with Crippen LogP contribution in [0.4, 0.5) is 5.69 Å². The van der Waals surface area contributed by atoms with Gasteiger partial charge in [-0.3, -0.25) is 15.0 Å². The molecule has 0 unspecified atom stereocenters. The molecule has 228 valence electrons. The number of nitrogens with one attached hydrogen (secondary N) is 2. The van der Waals surface area contributed by atoms with E-state index in [1.165, 1.54) is 7.05 Å². The van der Waals surface area contributed by atoms with Crippen molar-refractivity contribution in [2.45, 2.75) is 58.6 Å². The number of ketones is 1. The van der Waals surface area contributed by atoms with Gasteiger partial charge in [0.1, 0.15) is 18.1 Å². The molecule has 11 nitrogen and oxygen atoms in total. The Balaban J connectivity index is 0.00000484. The van der Waals surface area contributed by atoms with Crippen LogP contribution in [0, 0.1) is 5.41 Å². The van der Waals surface area contributed by atoms with Gasteiger partial charge in [0.2, 0.25) is 0 Å². The first-order chi connectivity index (χ1) is 19.4. The zero-order chi connectivity index (χ0) is 29.9. The number of carboxylic acids is 1. The van der Waals surface area contributed by atoms with Crippen LogP contribution < -0.4 is 15.0 Å². The maximum Gasteiger partial charge on any atom is 0.329 e. The van der Waals surface area contributed by atoms with Crippen LogP contribution in [-0.4, -0.2) is 84.5 Å². The quantitative estimate of drug-likeness (QED) is 0.328. The molecule has 0 saturated carbocycles. The molecule has 1 saturated heterocycles. The van der Waals surface area contributed by atoms with Gasteiger partial charge in [-0.2, -0.15) is 0 Å². The number of amidine groups is 1. The highest BCUT2D eigenvalue weighted by Gasteiger charge is 2.31. The van der Waals surface area contributed by atoms with Gasteiger partial charge in [-0.15, -0.1) is 17.0 Å². The molecule has 0 spiro atoms. The van der Waals surface area contributed by atoms with E-state index in [1.807, 2.05) is 19.1 Å². The summed E-state index contributed by atoms with van der Waals surface area (Å²) in [7, 11) is 1.51. The zero-order valence-electron chi connectivity index (χ0n) is 24.8. The number of Topliss-reactive ketones (excluding diaryl/α,β-unsaturated/α-hetero) is 1. The number of hydrogen-bond donors (Lipinski definition) is 3. The highest BCUT2D eigenvalue weighted by atomic mass is 79.9. The molecular weight excluding hydrogens is 606 g/mol. The van der Waals surface area contributed by atoms with Crippen molar-refractivity contribution in [2.24, 2.45) is 0 Å². The lowest BCUT2D eigenvalue weighted by Crippen LogP contribution is -2.38. The summed E-state index contributed by atoms with van der Waals surface area (Å²) in [6.45, 7) is 9.89. The van der Waals surface area contributed by atoms with E-state index in [9.17, 15) is 14.4 Å². The highest BCUT2D eigenvalue weighted by molar-refractivity contribution is 8.93. The van der Waals surface area contributed by atoms with E-state index < -0.39 is 11.9 Å². The number of carbonyl (C=O) groups excluding carboxylic acids is 2. The Morgan fingerprint density at radius 2 is 1.83 bits per heavy atom. The Labute approximate surface area is 256 Å². The number of aromatic nitrogens is 1. The summed E-state index contributed by atoms with van der Waals surface area (Å²) in [6.07, 6.45) is 1.31. The number of ether oxygens (including phenoxy) is 2. The number of benzene rings is 1. The fraction of sp³-hybridized carbons (Fsp3) is 0.500. The number of pyridine rings is 1. The molecule has 2 aliphatic rings. The van der Waals surface area contributed by atoms with Gasteiger partial charge in [-0.05, 0) is 55.0 Å². The molecule has 0 atom stereocenters. The molecule has 1 amide bonds. The number of piperidine rings is 1. The summed E-state index contributed by atoms with van der Waals surface area (Å²) in [6, 6.07) is 7.68. The van der Waals surface area contributed by atoms with Gasteiger partial charge in [-0.1, -0.05) is 20.8 Å². The maximum absolute atomic E-state index is 13.7. The minimum Gasteiger partial charge on any atom is -0.491 e. The van der Waals surface area contributed by atoms with Crippen LogP contribution in [0.1, 0.15) is 78.2 Å². The molecule has 2 aliphatic heterocycles. The predicted octanol–water partition coefficient (Wildman–Crippen LogP) is 3.81. The minimum atomic E-state index is -0.972. The van der Waals surface area contributed by atoms with Gasteiger partial charge in [0.15, 0.2) is 17.2 Å². The summed E-state index contributed by atoms with van der Waals surface area (Å²) >= 11 is 0. The maximum atomic E-state index is 13.7. The number of anilines is 1. The van der Waals surface area contributed by atoms with Crippen LogP contribution in [-0.2, 0) is 21.5 Å². The first kappa shape index (κ1) is 33.0. The molecule has 4 rings (SSSR count). The molecule has 0 radical (unpaired) electrons. The van der Waals surface area contributed by atoms with Crippen LogP contribution in [0.25, 0.3) is 0 Å². The van der Waals surface area contributed by atoms with Crippen molar-refractivity contribution >= 4 is 46.2 Å². The highest BCUT2D eigenvalue weighted by Crippen LogP contribution is 2.32. The third-order valence-corrected chi connectivity index (χ3v) is 7.40. The van der Waals surface area contributed by atoms with E-state index in [4.69, 9.17) is 20.0 Å². The second-order valence-corrected chi connectivity index (χ2v) is 11.4. The van der Waals surface area contributed by atoms with Gasteiger partial charge in [0.25, 0.3) is 5.91 Å². The van der Waals surface area contributed by atoms with Gasteiger partial charge >= 0.3 is 5.97 Å². The Hall–Kier alpha value is -3.51.